The van der Waals surface area contributed by atoms with Gasteiger partial charge in [0.15, 0.2) is 0 Å². The highest BCUT2D eigenvalue weighted by Gasteiger charge is 2.39. The number of rotatable bonds is 10. The Hall–Kier alpha value is -0.393. The molecule has 108 valence electrons. The van der Waals surface area contributed by atoms with Gasteiger partial charge in [0, 0.05) is 19.8 Å². The van der Waals surface area contributed by atoms with Gasteiger partial charge in [0.05, 0.1) is 5.92 Å². The zero-order valence-electron chi connectivity index (χ0n) is 12.5. The molecule has 0 radical (unpaired) electrons. The largest absolute Gasteiger partial charge is 0.564 e. The first kappa shape index (κ1) is 17.6. The van der Waals surface area contributed by atoms with Crippen molar-refractivity contribution in [3.63, 3.8) is 0 Å². The summed E-state index contributed by atoms with van der Waals surface area (Å²) in [5.74, 6) is -0.195. The maximum Gasteiger partial charge on any atom is 0.564 e. The molecule has 0 aromatic carbocycles. The van der Waals surface area contributed by atoms with Gasteiger partial charge in [-0.2, -0.15) is 0 Å². The lowest BCUT2D eigenvalue weighted by molar-refractivity contribution is -0.144. The van der Waals surface area contributed by atoms with Gasteiger partial charge in [-0.05, 0) is 26.7 Å². The summed E-state index contributed by atoms with van der Waals surface area (Å²) in [6.07, 6.45) is 3.83. The van der Waals surface area contributed by atoms with Crippen LogP contribution in [-0.4, -0.2) is 28.0 Å². The maximum atomic E-state index is 12.1. The summed E-state index contributed by atoms with van der Waals surface area (Å²) in [7, 11) is -2.78. The molecule has 0 rings (SSSR count). The van der Waals surface area contributed by atoms with Crippen molar-refractivity contribution in [3.8, 4) is 0 Å². The fraction of sp³-hybridized carbons (Fsp3) is 0.923. The Morgan fingerprint density at radius 3 is 2.06 bits per heavy atom. The summed E-state index contributed by atoms with van der Waals surface area (Å²) < 4.78 is 16.6. The van der Waals surface area contributed by atoms with Gasteiger partial charge in [0.2, 0.25) is 0 Å². The van der Waals surface area contributed by atoms with E-state index in [-0.39, 0.29) is 11.9 Å². The van der Waals surface area contributed by atoms with E-state index in [9.17, 15) is 4.79 Å². The molecule has 0 aliphatic rings. The second-order valence-corrected chi connectivity index (χ2v) is 6.90. The van der Waals surface area contributed by atoms with E-state index < -0.39 is 8.80 Å². The van der Waals surface area contributed by atoms with Crippen LogP contribution >= 0.6 is 0 Å². The molecule has 1 unspecified atom stereocenters. The topological polar surface area (TPSA) is 44.8 Å². The van der Waals surface area contributed by atoms with Crippen LogP contribution in [0.2, 0.25) is 6.55 Å². The molecule has 4 nitrogen and oxygen atoms in total. The molecule has 5 heteroatoms. The molecule has 18 heavy (non-hydrogen) atoms. The Kier molecular flexibility index (Phi) is 9.32. The van der Waals surface area contributed by atoms with E-state index in [2.05, 4.69) is 6.92 Å². The van der Waals surface area contributed by atoms with Gasteiger partial charge in [0.1, 0.15) is 0 Å². The Balaban J connectivity index is 4.45. The highest BCUT2D eigenvalue weighted by molar-refractivity contribution is 6.61. The minimum Gasteiger partial charge on any atom is -0.473 e. The van der Waals surface area contributed by atoms with Gasteiger partial charge in [-0.15, -0.1) is 0 Å². The van der Waals surface area contributed by atoms with Crippen molar-refractivity contribution < 1.29 is 18.1 Å². The fourth-order valence-corrected chi connectivity index (χ4v) is 3.61. The van der Waals surface area contributed by atoms with Crippen molar-refractivity contribution in [2.45, 2.75) is 59.9 Å². The summed E-state index contributed by atoms with van der Waals surface area (Å²) in [4.78, 5) is 12.1. The monoisotopic (exact) mass is 276 g/mol. The normalized spacial score (nSPS) is 13.4. The molecular formula is C13H28O4Si. The summed E-state index contributed by atoms with van der Waals surface area (Å²) in [6.45, 7) is 10.7. The van der Waals surface area contributed by atoms with E-state index >= 15 is 0 Å². The molecule has 0 aliphatic carbocycles. The second-order valence-electron chi connectivity index (χ2n) is 4.40. The van der Waals surface area contributed by atoms with E-state index in [1.54, 1.807) is 6.55 Å². The third kappa shape index (κ3) is 6.52. The van der Waals surface area contributed by atoms with E-state index in [0.29, 0.717) is 13.2 Å². The molecule has 1 atom stereocenters. The van der Waals surface area contributed by atoms with Crippen LogP contribution in [0.5, 0.6) is 0 Å². The first-order chi connectivity index (χ1) is 8.52. The third-order valence-corrected chi connectivity index (χ3v) is 5.03. The van der Waals surface area contributed by atoms with Crippen molar-refractivity contribution in [1.82, 2.24) is 0 Å². The molecular weight excluding hydrogens is 248 g/mol. The molecule has 0 aromatic rings. The molecule has 0 N–H and O–H groups in total. The fourth-order valence-electron chi connectivity index (χ4n) is 1.83. The molecule has 0 fully saturated rings. The van der Waals surface area contributed by atoms with Gasteiger partial charge in [-0.1, -0.05) is 26.7 Å². The lowest BCUT2D eigenvalue weighted by Crippen LogP contribution is -2.45. The van der Waals surface area contributed by atoms with Gasteiger partial charge >= 0.3 is 8.80 Å². The van der Waals surface area contributed by atoms with Crippen LogP contribution in [0.25, 0.3) is 0 Å². The van der Waals surface area contributed by atoms with Crippen molar-refractivity contribution in [2.75, 3.05) is 13.2 Å². The van der Waals surface area contributed by atoms with Gasteiger partial charge < -0.3 is 13.3 Å². The third-order valence-electron chi connectivity index (χ3n) is 2.83. The zero-order chi connectivity index (χ0) is 14.0. The van der Waals surface area contributed by atoms with E-state index in [4.69, 9.17) is 13.3 Å². The first-order valence-corrected chi connectivity index (χ1v) is 9.26. The lowest BCUT2D eigenvalue weighted by Gasteiger charge is -2.26. The highest BCUT2D eigenvalue weighted by atomic mass is 28.4. The quantitative estimate of drug-likeness (QED) is 0.574. The standard InChI is InChI=1S/C13H28O4Si/c1-6-10-11-12(7-2)13(14)17-18(5,15-8-3)16-9-4/h12H,6-11H2,1-5H3. The Labute approximate surface area is 112 Å². The number of hydrogen-bond donors (Lipinski definition) is 0. The van der Waals surface area contributed by atoms with E-state index in [0.717, 1.165) is 25.7 Å². The summed E-state index contributed by atoms with van der Waals surface area (Å²) in [5, 5.41) is 0. The van der Waals surface area contributed by atoms with Crippen molar-refractivity contribution in [3.05, 3.63) is 0 Å². The molecule has 0 amide bonds. The Morgan fingerprint density at radius 2 is 1.67 bits per heavy atom. The van der Waals surface area contributed by atoms with Crippen LogP contribution in [0.4, 0.5) is 0 Å². The van der Waals surface area contributed by atoms with Gasteiger partial charge in [-0.3, -0.25) is 4.79 Å². The first-order valence-electron chi connectivity index (χ1n) is 7.03. The smallest absolute Gasteiger partial charge is 0.473 e. The van der Waals surface area contributed by atoms with E-state index in [1.165, 1.54) is 0 Å². The van der Waals surface area contributed by atoms with Crippen LogP contribution in [0.3, 0.4) is 0 Å². The SMILES string of the molecule is CCCCC(CC)C(=O)O[Si](C)(OCC)OCC. The highest BCUT2D eigenvalue weighted by Crippen LogP contribution is 2.18. The van der Waals surface area contributed by atoms with Crippen LogP contribution in [0.1, 0.15) is 53.4 Å². The second kappa shape index (κ2) is 9.53. The minimum absolute atomic E-state index is 0.0299. The van der Waals surface area contributed by atoms with Crippen LogP contribution in [0, 0.1) is 5.92 Å². The maximum absolute atomic E-state index is 12.1. The molecule has 0 heterocycles. The number of carbonyl (C=O) groups is 1. The summed E-state index contributed by atoms with van der Waals surface area (Å²) in [6, 6.07) is 0. The van der Waals surface area contributed by atoms with Gasteiger partial charge in [0.25, 0.3) is 5.97 Å². The van der Waals surface area contributed by atoms with Crippen LogP contribution in [-0.2, 0) is 18.1 Å². The van der Waals surface area contributed by atoms with Gasteiger partial charge in [-0.25, -0.2) is 0 Å². The molecule has 0 saturated heterocycles. The molecule has 0 saturated carbocycles. The molecule has 0 bridgehead atoms. The number of carbonyl (C=O) groups excluding carboxylic acids is 1. The number of unbranched alkanes of at least 4 members (excludes halogenated alkanes) is 1. The van der Waals surface area contributed by atoms with Crippen LogP contribution < -0.4 is 0 Å². The van der Waals surface area contributed by atoms with Crippen molar-refractivity contribution in [1.29, 1.82) is 0 Å². The predicted octanol–water partition coefficient (Wildman–Crippen LogP) is 3.39. The molecule has 0 aromatic heterocycles. The zero-order valence-corrected chi connectivity index (χ0v) is 13.5. The summed E-state index contributed by atoms with van der Waals surface area (Å²) >= 11 is 0. The van der Waals surface area contributed by atoms with Crippen molar-refractivity contribution in [2.24, 2.45) is 5.92 Å². The molecule has 0 spiro atoms. The Bertz CT molecular complexity index is 227. The lowest BCUT2D eigenvalue weighted by atomic mass is 10.00. The minimum atomic E-state index is -2.78. The Morgan fingerprint density at radius 1 is 1.11 bits per heavy atom. The number of hydrogen-bond acceptors (Lipinski definition) is 4. The predicted molar refractivity (Wildman–Crippen MR) is 74.3 cm³/mol. The summed E-state index contributed by atoms with van der Waals surface area (Å²) in [5.41, 5.74) is 0. The average molecular weight is 276 g/mol. The molecule has 0 aliphatic heterocycles. The van der Waals surface area contributed by atoms with Crippen LogP contribution in [0.15, 0.2) is 0 Å². The van der Waals surface area contributed by atoms with E-state index in [1.807, 2.05) is 20.8 Å². The average Bonchev–Trinajstić information content (AvgIpc) is 2.30. The van der Waals surface area contributed by atoms with Crippen molar-refractivity contribution >= 4 is 14.8 Å².